The standard InChI is InChI=1S/C16H22N2O3/c1-16(14(19)20)8-11-18(12-9-16)15(21)17-10-7-13-5-3-2-4-6-13/h2-6H,7-12H2,1H3,(H,17,21)(H,19,20). The summed E-state index contributed by atoms with van der Waals surface area (Å²) in [7, 11) is 0. The van der Waals surface area contributed by atoms with Crippen molar-refractivity contribution in [2.45, 2.75) is 26.2 Å². The third-order valence-electron chi connectivity index (χ3n) is 4.20. The van der Waals surface area contributed by atoms with Gasteiger partial charge in [0.2, 0.25) is 0 Å². The summed E-state index contributed by atoms with van der Waals surface area (Å²) in [5.41, 5.74) is 0.496. The number of aliphatic carboxylic acids is 1. The van der Waals surface area contributed by atoms with Crippen molar-refractivity contribution in [1.82, 2.24) is 10.2 Å². The molecule has 5 heteroatoms. The van der Waals surface area contributed by atoms with Gasteiger partial charge in [-0.25, -0.2) is 4.79 Å². The van der Waals surface area contributed by atoms with Gasteiger partial charge in [0.1, 0.15) is 0 Å². The number of likely N-dealkylation sites (tertiary alicyclic amines) is 1. The number of rotatable bonds is 4. The summed E-state index contributed by atoms with van der Waals surface area (Å²) in [4.78, 5) is 24.9. The highest BCUT2D eigenvalue weighted by atomic mass is 16.4. The molecule has 5 nitrogen and oxygen atoms in total. The molecule has 1 aromatic carbocycles. The van der Waals surface area contributed by atoms with Gasteiger partial charge >= 0.3 is 12.0 Å². The topological polar surface area (TPSA) is 69.6 Å². The number of amides is 2. The molecule has 2 N–H and O–H groups in total. The number of nitrogens with zero attached hydrogens (tertiary/aromatic N) is 1. The first-order chi connectivity index (χ1) is 10.0. The smallest absolute Gasteiger partial charge is 0.317 e. The molecular weight excluding hydrogens is 268 g/mol. The summed E-state index contributed by atoms with van der Waals surface area (Å²) < 4.78 is 0. The van der Waals surface area contributed by atoms with Gasteiger partial charge in [-0.3, -0.25) is 4.79 Å². The molecular formula is C16H22N2O3. The summed E-state index contributed by atoms with van der Waals surface area (Å²) in [5, 5.41) is 12.1. The number of hydrogen-bond acceptors (Lipinski definition) is 2. The van der Waals surface area contributed by atoms with E-state index in [9.17, 15) is 14.7 Å². The Morgan fingerprint density at radius 1 is 1.24 bits per heavy atom. The summed E-state index contributed by atoms with van der Waals surface area (Å²) >= 11 is 0. The molecule has 114 valence electrons. The predicted molar refractivity (Wildman–Crippen MR) is 80.1 cm³/mol. The first-order valence-electron chi connectivity index (χ1n) is 7.31. The van der Waals surface area contributed by atoms with Gasteiger partial charge in [-0.1, -0.05) is 30.3 Å². The van der Waals surface area contributed by atoms with Gasteiger partial charge < -0.3 is 15.3 Å². The van der Waals surface area contributed by atoms with Gasteiger partial charge in [-0.15, -0.1) is 0 Å². The van der Waals surface area contributed by atoms with Crippen molar-refractivity contribution in [2.24, 2.45) is 5.41 Å². The number of urea groups is 1. The van der Waals surface area contributed by atoms with Crippen LogP contribution in [0, 0.1) is 5.41 Å². The average molecular weight is 290 g/mol. The maximum atomic E-state index is 12.0. The molecule has 1 aliphatic rings. The molecule has 0 atom stereocenters. The van der Waals surface area contributed by atoms with Gasteiger partial charge in [0.25, 0.3) is 0 Å². The third-order valence-corrected chi connectivity index (χ3v) is 4.20. The third kappa shape index (κ3) is 3.97. The van der Waals surface area contributed by atoms with E-state index in [1.165, 1.54) is 5.56 Å². The van der Waals surface area contributed by atoms with Crippen LogP contribution < -0.4 is 5.32 Å². The Kier molecular flexibility index (Phi) is 4.83. The molecule has 0 aliphatic carbocycles. The highest BCUT2D eigenvalue weighted by molar-refractivity contribution is 5.76. The van der Waals surface area contributed by atoms with Gasteiger partial charge in [0.05, 0.1) is 5.41 Å². The Bertz CT molecular complexity index is 494. The van der Waals surface area contributed by atoms with Crippen molar-refractivity contribution < 1.29 is 14.7 Å². The zero-order valence-corrected chi connectivity index (χ0v) is 12.3. The Balaban J connectivity index is 1.74. The molecule has 0 aromatic heterocycles. The molecule has 0 radical (unpaired) electrons. The second kappa shape index (κ2) is 6.61. The van der Waals surface area contributed by atoms with E-state index in [1.807, 2.05) is 30.3 Å². The monoisotopic (exact) mass is 290 g/mol. The van der Waals surface area contributed by atoms with Crippen LogP contribution in [0.4, 0.5) is 4.79 Å². The molecule has 21 heavy (non-hydrogen) atoms. The van der Waals surface area contributed by atoms with E-state index >= 15 is 0 Å². The van der Waals surface area contributed by atoms with Crippen molar-refractivity contribution in [3.63, 3.8) is 0 Å². The Morgan fingerprint density at radius 3 is 2.43 bits per heavy atom. The van der Waals surface area contributed by atoms with Crippen molar-refractivity contribution in [3.05, 3.63) is 35.9 Å². The SMILES string of the molecule is CC1(C(=O)O)CCN(C(=O)NCCc2ccccc2)CC1. The number of piperidine rings is 1. The summed E-state index contributed by atoms with van der Waals surface area (Å²) in [6, 6.07) is 9.90. The number of carbonyl (C=O) groups excluding carboxylic acids is 1. The summed E-state index contributed by atoms with van der Waals surface area (Å²) in [6.07, 6.45) is 1.82. The molecule has 1 saturated heterocycles. The number of nitrogens with one attached hydrogen (secondary N) is 1. The van der Waals surface area contributed by atoms with Crippen molar-refractivity contribution in [1.29, 1.82) is 0 Å². The van der Waals surface area contributed by atoms with Crippen LogP contribution in [-0.4, -0.2) is 41.6 Å². The fourth-order valence-corrected chi connectivity index (χ4v) is 2.49. The molecule has 2 rings (SSSR count). The fraction of sp³-hybridized carbons (Fsp3) is 0.500. The van der Waals surface area contributed by atoms with Crippen LogP contribution in [0.5, 0.6) is 0 Å². The molecule has 0 spiro atoms. The van der Waals surface area contributed by atoms with E-state index in [2.05, 4.69) is 5.32 Å². The quantitative estimate of drug-likeness (QED) is 0.892. The van der Waals surface area contributed by atoms with Gasteiger partial charge in [-0.05, 0) is 31.7 Å². The lowest BCUT2D eigenvalue weighted by molar-refractivity contribution is -0.150. The number of carboxylic acids is 1. The largest absolute Gasteiger partial charge is 0.481 e. The van der Waals surface area contributed by atoms with Crippen molar-refractivity contribution >= 4 is 12.0 Å². The maximum Gasteiger partial charge on any atom is 0.317 e. The van der Waals surface area contributed by atoms with Crippen LogP contribution in [0.3, 0.4) is 0 Å². The molecule has 1 aliphatic heterocycles. The summed E-state index contributed by atoms with van der Waals surface area (Å²) in [5.74, 6) is -0.772. The number of benzene rings is 1. The molecule has 0 bridgehead atoms. The Morgan fingerprint density at radius 2 is 1.86 bits per heavy atom. The molecule has 0 unspecified atom stereocenters. The minimum Gasteiger partial charge on any atom is -0.481 e. The molecule has 0 saturated carbocycles. The van der Waals surface area contributed by atoms with Gasteiger partial charge in [0.15, 0.2) is 0 Å². The van der Waals surface area contributed by atoms with Crippen molar-refractivity contribution in [3.8, 4) is 0 Å². The van der Waals surface area contributed by atoms with Crippen LogP contribution in [0.1, 0.15) is 25.3 Å². The first kappa shape index (κ1) is 15.4. The number of carboxylic acid groups (broad SMARTS) is 1. The number of carbonyl (C=O) groups is 2. The Hall–Kier alpha value is -2.04. The Labute approximate surface area is 125 Å². The van der Waals surface area contributed by atoms with Crippen LogP contribution >= 0.6 is 0 Å². The van der Waals surface area contributed by atoms with Crippen LogP contribution in [0.15, 0.2) is 30.3 Å². The van der Waals surface area contributed by atoms with Crippen LogP contribution in [0.25, 0.3) is 0 Å². The maximum absolute atomic E-state index is 12.0. The van der Waals surface area contributed by atoms with E-state index in [1.54, 1.807) is 11.8 Å². The lowest BCUT2D eigenvalue weighted by atomic mass is 9.80. The zero-order valence-electron chi connectivity index (χ0n) is 12.3. The van der Waals surface area contributed by atoms with E-state index in [0.717, 1.165) is 6.42 Å². The minimum atomic E-state index is -0.772. The second-order valence-corrected chi connectivity index (χ2v) is 5.82. The van der Waals surface area contributed by atoms with E-state index in [4.69, 9.17) is 0 Å². The zero-order chi connectivity index (χ0) is 15.3. The van der Waals surface area contributed by atoms with E-state index < -0.39 is 11.4 Å². The lowest BCUT2D eigenvalue weighted by Gasteiger charge is -2.36. The molecule has 2 amide bonds. The first-order valence-corrected chi connectivity index (χ1v) is 7.31. The molecule has 1 fully saturated rings. The lowest BCUT2D eigenvalue weighted by Crippen LogP contribution is -2.49. The number of hydrogen-bond donors (Lipinski definition) is 2. The fourth-order valence-electron chi connectivity index (χ4n) is 2.49. The summed E-state index contributed by atoms with van der Waals surface area (Å²) in [6.45, 7) is 3.34. The van der Waals surface area contributed by atoms with Crippen LogP contribution in [-0.2, 0) is 11.2 Å². The van der Waals surface area contributed by atoms with E-state index in [0.29, 0.717) is 32.5 Å². The normalized spacial score (nSPS) is 17.3. The molecule has 1 aromatic rings. The average Bonchev–Trinajstić information content (AvgIpc) is 2.49. The molecule has 1 heterocycles. The highest BCUT2D eigenvalue weighted by Gasteiger charge is 2.37. The van der Waals surface area contributed by atoms with Crippen LogP contribution in [0.2, 0.25) is 0 Å². The predicted octanol–water partition coefficient (Wildman–Crippen LogP) is 2.13. The van der Waals surface area contributed by atoms with E-state index in [-0.39, 0.29) is 6.03 Å². The van der Waals surface area contributed by atoms with Crippen molar-refractivity contribution in [2.75, 3.05) is 19.6 Å². The van der Waals surface area contributed by atoms with Gasteiger partial charge in [0, 0.05) is 19.6 Å². The second-order valence-electron chi connectivity index (χ2n) is 5.82. The van der Waals surface area contributed by atoms with Gasteiger partial charge in [-0.2, -0.15) is 0 Å². The highest BCUT2D eigenvalue weighted by Crippen LogP contribution is 2.30. The minimum absolute atomic E-state index is 0.0987.